The summed E-state index contributed by atoms with van der Waals surface area (Å²) in [5.41, 5.74) is 6.16. The van der Waals surface area contributed by atoms with Crippen molar-refractivity contribution in [2.45, 2.75) is 0 Å². The molecule has 0 saturated carbocycles. The number of aromatic nitrogens is 1. The summed E-state index contributed by atoms with van der Waals surface area (Å²) in [5.74, 6) is 1.03. The molecule has 5 rings (SSSR count). The van der Waals surface area contributed by atoms with Crippen molar-refractivity contribution < 1.29 is 4.90 Å². The van der Waals surface area contributed by atoms with E-state index in [2.05, 4.69) is 89.8 Å². The monoisotopic (exact) mass is 350 g/mol. The fourth-order valence-electron chi connectivity index (χ4n) is 3.83. The number of hydrogen-bond acceptors (Lipinski definition) is 2. The zero-order valence-electron chi connectivity index (χ0n) is 14.9. The SMILES string of the molecule is c1ccc(-c2ccccc2[NH+]2CN(c3ccccc3)c3ncccc32)cc1. The van der Waals surface area contributed by atoms with E-state index in [0.29, 0.717) is 0 Å². The maximum absolute atomic E-state index is 4.70. The number of rotatable bonds is 3. The molecule has 1 N–H and O–H groups in total. The van der Waals surface area contributed by atoms with Crippen LogP contribution in [0.5, 0.6) is 0 Å². The zero-order valence-corrected chi connectivity index (χ0v) is 14.9. The highest BCUT2D eigenvalue weighted by molar-refractivity contribution is 5.77. The molecule has 2 heterocycles. The van der Waals surface area contributed by atoms with E-state index >= 15 is 0 Å². The van der Waals surface area contributed by atoms with Crippen molar-refractivity contribution in [3.05, 3.63) is 103 Å². The van der Waals surface area contributed by atoms with Gasteiger partial charge in [0, 0.05) is 29.6 Å². The van der Waals surface area contributed by atoms with Crippen LogP contribution in [0.3, 0.4) is 0 Å². The van der Waals surface area contributed by atoms with Gasteiger partial charge < -0.3 is 0 Å². The van der Waals surface area contributed by atoms with Gasteiger partial charge in [-0.3, -0.25) is 4.90 Å². The maximum Gasteiger partial charge on any atom is 0.200 e. The van der Waals surface area contributed by atoms with Gasteiger partial charge in [-0.25, -0.2) is 9.88 Å². The van der Waals surface area contributed by atoms with Gasteiger partial charge in [0.2, 0.25) is 0 Å². The van der Waals surface area contributed by atoms with E-state index in [9.17, 15) is 0 Å². The summed E-state index contributed by atoms with van der Waals surface area (Å²) < 4.78 is 0. The van der Waals surface area contributed by atoms with Crippen LogP contribution < -0.4 is 9.80 Å². The Hall–Kier alpha value is -3.43. The molecule has 1 aliphatic rings. The van der Waals surface area contributed by atoms with Crippen LogP contribution in [-0.2, 0) is 0 Å². The second kappa shape index (κ2) is 6.71. The molecule has 3 nitrogen and oxygen atoms in total. The molecule has 3 aromatic carbocycles. The molecule has 1 aliphatic heterocycles. The standard InChI is InChI=1S/C24H19N3/c1-3-10-19(11-4-1)21-14-7-8-15-22(21)27-18-26(20-12-5-2-6-13-20)24-23(27)16-9-17-25-24/h1-17H,18H2/p+1. The Morgan fingerprint density at radius 3 is 2.15 bits per heavy atom. The van der Waals surface area contributed by atoms with Gasteiger partial charge in [0.15, 0.2) is 18.2 Å². The first kappa shape index (κ1) is 15.8. The van der Waals surface area contributed by atoms with E-state index in [1.165, 1.54) is 33.1 Å². The number of nitrogens with one attached hydrogen (secondary N) is 1. The second-order valence-corrected chi connectivity index (χ2v) is 6.69. The summed E-state index contributed by atoms with van der Waals surface area (Å²) in [4.78, 5) is 8.32. The van der Waals surface area contributed by atoms with Crippen molar-refractivity contribution in [1.29, 1.82) is 0 Å². The number of pyridine rings is 1. The van der Waals surface area contributed by atoms with E-state index in [1.54, 1.807) is 0 Å². The minimum Gasteiger partial charge on any atom is -0.273 e. The predicted molar refractivity (Wildman–Crippen MR) is 110 cm³/mol. The number of anilines is 2. The zero-order chi connectivity index (χ0) is 18.1. The van der Waals surface area contributed by atoms with Crippen LogP contribution >= 0.6 is 0 Å². The molecule has 0 radical (unpaired) electrons. The first-order chi connectivity index (χ1) is 13.4. The molecule has 1 aromatic heterocycles. The third kappa shape index (κ3) is 2.78. The Morgan fingerprint density at radius 2 is 1.33 bits per heavy atom. The summed E-state index contributed by atoms with van der Waals surface area (Å²) in [6.45, 7) is 0.820. The van der Waals surface area contributed by atoms with Crippen LogP contribution in [-0.4, -0.2) is 11.7 Å². The van der Waals surface area contributed by atoms with Gasteiger partial charge in [0.05, 0.1) is 0 Å². The fraction of sp³-hybridized carbons (Fsp3) is 0.0417. The van der Waals surface area contributed by atoms with Gasteiger partial charge in [-0.05, 0) is 29.8 Å². The molecule has 0 amide bonds. The van der Waals surface area contributed by atoms with E-state index in [4.69, 9.17) is 4.98 Å². The Kier molecular flexibility index (Phi) is 3.92. The average Bonchev–Trinajstić information content (AvgIpc) is 3.15. The molecular formula is C24H20N3+. The smallest absolute Gasteiger partial charge is 0.200 e. The number of para-hydroxylation sites is 2. The maximum atomic E-state index is 4.70. The highest BCUT2D eigenvalue weighted by Gasteiger charge is 2.35. The van der Waals surface area contributed by atoms with Gasteiger partial charge in [-0.1, -0.05) is 60.7 Å². The van der Waals surface area contributed by atoms with Gasteiger partial charge in [-0.15, -0.1) is 0 Å². The van der Waals surface area contributed by atoms with Crippen molar-refractivity contribution in [2.75, 3.05) is 11.6 Å². The lowest BCUT2D eigenvalue weighted by molar-refractivity contribution is -0.751. The van der Waals surface area contributed by atoms with Crippen molar-refractivity contribution in [1.82, 2.24) is 4.98 Å². The van der Waals surface area contributed by atoms with E-state index < -0.39 is 0 Å². The highest BCUT2D eigenvalue weighted by atomic mass is 15.4. The summed E-state index contributed by atoms with van der Waals surface area (Å²) in [6.07, 6.45) is 1.88. The first-order valence-electron chi connectivity index (χ1n) is 9.20. The van der Waals surface area contributed by atoms with Crippen LogP contribution in [0.15, 0.2) is 103 Å². The summed E-state index contributed by atoms with van der Waals surface area (Å²) in [6, 6.07) is 34.0. The molecule has 1 atom stereocenters. The van der Waals surface area contributed by atoms with E-state index in [1.807, 2.05) is 18.3 Å². The third-order valence-corrected chi connectivity index (χ3v) is 5.09. The number of benzene rings is 3. The lowest BCUT2D eigenvalue weighted by Gasteiger charge is -2.18. The highest BCUT2D eigenvalue weighted by Crippen LogP contribution is 2.34. The van der Waals surface area contributed by atoms with Crippen LogP contribution in [0.2, 0.25) is 0 Å². The Labute approximate surface area is 159 Å². The van der Waals surface area contributed by atoms with Gasteiger partial charge >= 0.3 is 0 Å². The topological polar surface area (TPSA) is 20.6 Å². The molecule has 0 saturated heterocycles. The molecule has 0 spiro atoms. The minimum absolute atomic E-state index is 0.820. The molecule has 0 bridgehead atoms. The average molecular weight is 350 g/mol. The summed E-state index contributed by atoms with van der Waals surface area (Å²) >= 11 is 0. The molecule has 130 valence electrons. The minimum atomic E-state index is 0.820. The molecule has 27 heavy (non-hydrogen) atoms. The lowest BCUT2D eigenvalue weighted by Crippen LogP contribution is -3.01. The number of nitrogens with zero attached hydrogens (tertiary/aromatic N) is 2. The van der Waals surface area contributed by atoms with Crippen LogP contribution in [0, 0.1) is 0 Å². The Balaban J connectivity index is 1.64. The van der Waals surface area contributed by atoms with Crippen molar-refractivity contribution in [3.63, 3.8) is 0 Å². The molecule has 0 fully saturated rings. The van der Waals surface area contributed by atoms with Crippen LogP contribution in [0.1, 0.15) is 0 Å². The van der Waals surface area contributed by atoms with Gasteiger partial charge in [-0.2, -0.15) is 0 Å². The van der Waals surface area contributed by atoms with Crippen molar-refractivity contribution in [2.24, 2.45) is 0 Å². The molecule has 4 aromatic rings. The van der Waals surface area contributed by atoms with Crippen molar-refractivity contribution in [3.8, 4) is 11.1 Å². The van der Waals surface area contributed by atoms with E-state index in [0.717, 1.165) is 12.5 Å². The number of quaternary nitrogens is 1. The Bertz CT molecular complexity index is 1060. The van der Waals surface area contributed by atoms with Gasteiger partial charge in [0.1, 0.15) is 5.69 Å². The quantitative estimate of drug-likeness (QED) is 0.578. The predicted octanol–water partition coefficient (Wildman–Crippen LogP) is 4.71. The van der Waals surface area contributed by atoms with Crippen molar-refractivity contribution >= 4 is 22.9 Å². The molecule has 3 heteroatoms. The van der Waals surface area contributed by atoms with Gasteiger partial charge in [0.25, 0.3) is 0 Å². The molecule has 0 aliphatic carbocycles. The van der Waals surface area contributed by atoms with Crippen LogP contribution in [0.4, 0.5) is 22.9 Å². The number of hydrogen-bond donors (Lipinski definition) is 1. The second-order valence-electron chi connectivity index (χ2n) is 6.69. The van der Waals surface area contributed by atoms with E-state index in [-0.39, 0.29) is 0 Å². The third-order valence-electron chi connectivity index (χ3n) is 5.09. The molecule has 1 unspecified atom stereocenters. The largest absolute Gasteiger partial charge is 0.273 e. The molecular weight excluding hydrogens is 330 g/mol. The fourth-order valence-corrected chi connectivity index (χ4v) is 3.83. The normalized spacial score (nSPS) is 15.6. The first-order valence-corrected chi connectivity index (χ1v) is 9.20. The van der Waals surface area contributed by atoms with Crippen LogP contribution in [0.25, 0.3) is 11.1 Å². The lowest BCUT2D eigenvalue weighted by atomic mass is 10.0. The Morgan fingerprint density at radius 1 is 0.667 bits per heavy atom. The number of fused-ring (bicyclic) bond motifs is 1. The summed E-state index contributed by atoms with van der Waals surface area (Å²) in [5, 5.41) is 0. The summed E-state index contributed by atoms with van der Waals surface area (Å²) in [7, 11) is 0.